The van der Waals surface area contributed by atoms with Crippen LogP contribution < -0.4 is 0 Å². The van der Waals surface area contributed by atoms with Crippen molar-refractivity contribution in [2.24, 2.45) is 0 Å². The lowest BCUT2D eigenvalue weighted by Gasteiger charge is -2.15. The van der Waals surface area contributed by atoms with Gasteiger partial charge in [0.15, 0.2) is 0 Å². The Hall–Kier alpha value is -0.380. The third-order valence-corrected chi connectivity index (χ3v) is 1.88. The van der Waals surface area contributed by atoms with Crippen LogP contribution in [0.3, 0.4) is 0 Å². The summed E-state index contributed by atoms with van der Waals surface area (Å²) in [5.74, 6) is 0. The van der Waals surface area contributed by atoms with Crippen molar-refractivity contribution in [3.8, 4) is 0 Å². The summed E-state index contributed by atoms with van der Waals surface area (Å²) < 4.78 is 10.0. The van der Waals surface area contributed by atoms with Gasteiger partial charge < -0.3 is 14.6 Å². The molecule has 0 heterocycles. The number of rotatable bonds is 8. The third kappa shape index (κ3) is 8.23. The smallest absolute Gasteiger partial charge is 0.146 e. The maximum Gasteiger partial charge on any atom is 0.146 e. The second-order valence-corrected chi connectivity index (χ2v) is 3.39. The summed E-state index contributed by atoms with van der Waals surface area (Å²) in [6.07, 6.45) is 6.16. The van der Waals surface area contributed by atoms with E-state index in [4.69, 9.17) is 9.47 Å². The van der Waals surface area contributed by atoms with E-state index in [1.54, 1.807) is 7.11 Å². The minimum atomic E-state index is -0.315. The molecule has 0 radical (unpaired) electrons. The summed E-state index contributed by atoms with van der Waals surface area (Å²) >= 11 is 0. The lowest BCUT2D eigenvalue weighted by molar-refractivity contribution is -0.0771. The molecule has 0 aliphatic carbocycles. The lowest BCUT2D eigenvalue weighted by Crippen LogP contribution is -2.18. The largest absolute Gasteiger partial charge is 0.393 e. The molecule has 0 rings (SSSR count). The SMILES string of the molecule is CC/C=C/C[C@@H](O)C[C@@H](C)OCOC. The summed E-state index contributed by atoms with van der Waals surface area (Å²) in [6, 6.07) is 0. The molecule has 0 aromatic heterocycles. The minimum absolute atomic E-state index is 0.0416. The van der Waals surface area contributed by atoms with Gasteiger partial charge in [0.2, 0.25) is 0 Å². The number of hydrogen-bond acceptors (Lipinski definition) is 3. The van der Waals surface area contributed by atoms with Gasteiger partial charge in [0.1, 0.15) is 6.79 Å². The van der Waals surface area contributed by atoms with Crippen LogP contribution in [0.5, 0.6) is 0 Å². The van der Waals surface area contributed by atoms with E-state index in [0.29, 0.717) is 19.6 Å². The number of hydrogen-bond donors (Lipinski definition) is 1. The van der Waals surface area contributed by atoms with Gasteiger partial charge in [0.05, 0.1) is 12.2 Å². The van der Waals surface area contributed by atoms with Gasteiger partial charge in [-0.05, 0) is 26.2 Å². The molecule has 0 saturated heterocycles. The third-order valence-electron chi connectivity index (χ3n) is 1.88. The number of allylic oxidation sites excluding steroid dienone is 1. The Morgan fingerprint density at radius 2 is 2.07 bits per heavy atom. The fraction of sp³-hybridized carbons (Fsp3) is 0.818. The maximum absolute atomic E-state index is 9.57. The van der Waals surface area contributed by atoms with Crippen molar-refractivity contribution in [1.29, 1.82) is 0 Å². The molecule has 84 valence electrons. The van der Waals surface area contributed by atoms with Gasteiger partial charge in [0.25, 0.3) is 0 Å². The molecule has 0 saturated carbocycles. The summed E-state index contributed by atoms with van der Waals surface area (Å²) in [5, 5.41) is 9.57. The van der Waals surface area contributed by atoms with Gasteiger partial charge in [-0.2, -0.15) is 0 Å². The monoisotopic (exact) mass is 202 g/mol. The van der Waals surface area contributed by atoms with Gasteiger partial charge in [-0.3, -0.25) is 0 Å². The Bertz CT molecular complexity index is 145. The van der Waals surface area contributed by atoms with Crippen LogP contribution >= 0.6 is 0 Å². The van der Waals surface area contributed by atoms with Crippen molar-refractivity contribution >= 4 is 0 Å². The van der Waals surface area contributed by atoms with E-state index in [1.807, 2.05) is 13.0 Å². The van der Waals surface area contributed by atoms with Crippen molar-refractivity contribution in [2.75, 3.05) is 13.9 Å². The second-order valence-electron chi connectivity index (χ2n) is 3.39. The highest BCUT2D eigenvalue weighted by Gasteiger charge is 2.08. The highest BCUT2D eigenvalue weighted by molar-refractivity contribution is 4.83. The highest BCUT2D eigenvalue weighted by atomic mass is 16.7. The van der Waals surface area contributed by atoms with Gasteiger partial charge in [0, 0.05) is 7.11 Å². The number of aliphatic hydroxyl groups is 1. The molecule has 0 aromatic carbocycles. The van der Waals surface area contributed by atoms with E-state index in [-0.39, 0.29) is 12.2 Å². The van der Waals surface area contributed by atoms with Crippen molar-refractivity contribution < 1.29 is 14.6 Å². The van der Waals surface area contributed by atoms with Crippen LogP contribution in [-0.2, 0) is 9.47 Å². The molecule has 0 unspecified atom stereocenters. The molecular weight excluding hydrogens is 180 g/mol. The van der Waals surface area contributed by atoms with Crippen LogP contribution in [0.15, 0.2) is 12.2 Å². The second kappa shape index (κ2) is 9.19. The Labute approximate surface area is 86.7 Å². The Kier molecular flexibility index (Phi) is 8.94. The zero-order valence-electron chi connectivity index (χ0n) is 9.40. The average Bonchev–Trinajstić information content (AvgIpc) is 2.15. The molecule has 0 bridgehead atoms. The first-order chi connectivity index (χ1) is 6.70. The molecule has 3 nitrogen and oxygen atoms in total. The Morgan fingerprint density at radius 3 is 2.64 bits per heavy atom. The lowest BCUT2D eigenvalue weighted by atomic mass is 10.1. The summed E-state index contributed by atoms with van der Waals surface area (Å²) in [4.78, 5) is 0. The summed E-state index contributed by atoms with van der Waals surface area (Å²) in [6.45, 7) is 4.30. The van der Waals surface area contributed by atoms with Crippen molar-refractivity contribution in [3.63, 3.8) is 0 Å². The van der Waals surface area contributed by atoms with Crippen LogP contribution in [0, 0.1) is 0 Å². The maximum atomic E-state index is 9.57. The predicted octanol–water partition coefficient (Wildman–Crippen LogP) is 2.10. The molecule has 0 amide bonds. The molecule has 0 aliphatic rings. The molecule has 3 heteroatoms. The van der Waals surface area contributed by atoms with Crippen LogP contribution in [0.25, 0.3) is 0 Å². The van der Waals surface area contributed by atoms with Gasteiger partial charge in [-0.15, -0.1) is 0 Å². The van der Waals surface area contributed by atoms with E-state index in [9.17, 15) is 5.11 Å². The minimum Gasteiger partial charge on any atom is -0.393 e. The fourth-order valence-electron chi connectivity index (χ4n) is 1.15. The van der Waals surface area contributed by atoms with Gasteiger partial charge in [-0.1, -0.05) is 19.1 Å². The Morgan fingerprint density at radius 1 is 1.36 bits per heavy atom. The summed E-state index contributed by atoms with van der Waals surface area (Å²) in [5.41, 5.74) is 0. The molecule has 0 aromatic rings. The fourth-order valence-corrected chi connectivity index (χ4v) is 1.15. The van der Waals surface area contributed by atoms with E-state index in [1.165, 1.54) is 0 Å². The van der Waals surface area contributed by atoms with Gasteiger partial charge in [-0.25, -0.2) is 0 Å². The molecule has 1 N–H and O–H groups in total. The van der Waals surface area contributed by atoms with E-state index in [2.05, 4.69) is 13.0 Å². The van der Waals surface area contributed by atoms with Crippen molar-refractivity contribution in [1.82, 2.24) is 0 Å². The molecule has 0 fully saturated rings. The topological polar surface area (TPSA) is 38.7 Å². The van der Waals surface area contributed by atoms with E-state index in [0.717, 1.165) is 6.42 Å². The standard InChI is InChI=1S/C11H22O3/c1-4-5-6-7-11(12)8-10(2)14-9-13-3/h5-6,10-12H,4,7-9H2,1-3H3/b6-5+/t10-,11-/m1/s1. The molecular formula is C11H22O3. The molecule has 14 heavy (non-hydrogen) atoms. The van der Waals surface area contributed by atoms with Crippen LogP contribution in [0.4, 0.5) is 0 Å². The van der Waals surface area contributed by atoms with Crippen LogP contribution in [-0.4, -0.2) is 31.2 Å². The average molecular weight is 202 g/mol. The number of methoxy groups -OCH3 is 1. The molecule has 0 spiro atoms. The van der Waals surface area contributed by atoms with Crippen LogP contribution in [0.2, 0.25) is 0 Å². The van der Waals surface area contributed by atoms with Crippen LogP contribution in [0.1, 0.15) is 33.1 Å². The predicted molar refractivity (Wildman–Crippen MR) is 57.1 cm³/mol. The Balaban J connectivity index is 3.49. The zero-order valence-corrected chi connectivity index (χ0v) is 9.40. The van der Waals surface area contributed by atoms with E-state index >= 15 is 0 Å². The van der Waals surface area contributed by atoms with Gasteiger partial charge >= 0.3 is 0 Å². The summed E-state index contributed by atoms with van der Waals surface area (Å²) in [7, 11) is 1.59. The normalized spacial score (nSPS) is 16.0. The quantitative estimate of drug-likeness (QED) is 0.484. The molecule has 2 atom stereocenters. The highest BCUT2D eigenvalue weighted by Crippen LogP contribution is 2.06. The van der Waals surface area contributed by atoms with E-state index < -0.39 is 0 Å². The first kappa shape index (κ1) is 13.6. The molecule has 0 aliphatic heterocycles. The number of aliphatic hydroxyl groups excluding tert-OH is 1. The zero-order chi connectivity index (χ0) is 10.8. The van der Waals surface area contributed by atoms with Crippen molar-refractivity contribution in [2.45, 2.75) is 45.3 Å². The van der Waals surface area contributed by atoms with Crippen molar-refractivity contribution in [3.05, 3.63) is 12.2 Å². The number of ether oxygens (including phenoxy) is 2. The first-order valence-corrected chi connectivity index (χ1v) is 5.14. The first-order valence-electron chi connectivity index (χ1n) is 5.14.